The molecule has 124 valence electrons. The summed E-state index contributed by atoms with van der Waals surface area (Å²) in [5.74, 6) is 1.49. The van der Waals surface area contributed by atoms with Gasteiger partial charge in [-0.25, -0.2) is 4.98 Å². The van der Waals surface area contributed by atoms with Crippen molar-refractivity contribution in [2.45, 2.75) is 11.3 Å². The van der Waals surface area contributed by atoms with Crippen molar-refractivity contribution in [2.24, 2.45) is 0 Å². The highest BCUT2D eigenvalue weighted by atomic mass is 32.2. The Hall–Kier alpha value is -1.98. The molecular weight excluding hydrogens is 338 g/mol. The maximum absolute atomic E-state index is 5.37. The second kappa shape index (κ2) is 7.73. The van der Waals surface area contributed by atoms with Crippen LogP contribution in [0, 0.1) is 0 Å². The van der Waals surface area contributed by atoms with Crippen LogP contribution in [0.15, 0.2) is 52.7 Å². The van der Waals surface area contributed by atoms with E-state index >= 15 is 0 Å². The first kappa shape index (κ1) is 16.9. The SMILES string of the molecule is COc1ccc(Cc2nc(-c3ccc(SC)cc3)cs2)cc1OC. The van der Waals surface area contributed by atoms with E-state index in [1.54, 1.807) is 37.3 Å². The van der Waals surface area contributed by atoms with Gasteiger partial charge in [-0.15, -0.1) is 23.1 Å². The zero-order chi connectivity index (χ0) is 16.9. The molecule has 1 heterocycles. The molecule has 0 bridgehead atoms. The first-order valence-corrected chi connectivity index (χ1v) is 9.63. The van der Waals surface area contributed by atoms with Gasteiger partial charge in [-0.1, -0.05) is 18.2 Å². The number of rotatable bonds is 6. The number of ether oxygens (including phenoxy) is 2. The van der Waals surface area contributed by atoms with Crippen molar-refractivity contribution >= 4 is 23.1 Å². The van der Waals surface area contributed by atoms with Gasteiger partial charge >= 0.3 is 0 Å². The normalized spacial score (nSPS) is 10.6. The molecule has 0 fully saturated rings. The summed E-state index contributed by atoms with van der Waals surface area (Å²) in [5, 5.41) is 3.20. The summed E-state index contributed by atoms with van der Waals surface area (Å²) < 4.78 is 10.6. The summed E-state index contributed by atoms with van der Waals surface area (Å²) in [5.41, 5.74) is 3.34. The van der Waals surface area contributed by atoms with Crippen LogP contribution < -0.4 is 9.47 Å². The van der Waals surface area contributed by atoms with Crippen molar-refractivity contribution in [3.63, 3.8) is 0 Å². The molecule has 0 aliphatic heterocycles. The van der Waals surface area contributed by atoms with E-state index in [2.05, 4.69) is 42.0 Å². The van der Waals surface area contributed by atoms with Gasteiger partial charge in [0.2, 0.25) is 0 Å². The number of hydrogen-bond donors (Lipinski definition) is 0. The van der Waals surface area contributed by atoms with Crippen molar-refractivity contribution < 1.29 is 9.47 Å². The van der Waals surface area contributed by atoms with Crippen LogP contribution in [0.2, 0.25) is 0 Å². The Morgan fingerprint density at radius 2 is 1.75 bits per heavy atom. The highest BCUT2D eigenvalue weighted by Gasteiger charge is 2.09. The largest absolute Gasteiger partial charge is 0.493 e. The van der Waals surface area contributed by atoms with Gasteiger partial charge in [0.1, 0.15) is 0 Å². The topological polar surface area (TPSA) is 31.4 Å². The number of methoxy groups -OCH3 is 2. The molecule has 3 rings (SSSR count). The third-order valence-electron chi connectivity index (χ3n) is 3.74. The van der Waals surface area contributed by atoms with Crippen molar-refractivity contribution in [2.75, 3.05) is 20.5 Å². The summed E-state index contributed by atoms with van der Waals surface area (Å²) in [4.78, 5) is 6.03. The van der Waals surface area contributed by atoms with Gasteiger partial charge in [0, 0.05) is 22.3 Å². The van der Waals surface area contributed by atoms with Crippen molar-refractivity contribution in [1.82, 2.24) is 4.98 Å². The van der Waals surface area contributed by atoms with Crippen molar-refractivity contribution in [1.29, 1.82) is 0 Å². The van der Waals surface area contributed by atoms with E-state index in [1.165, 1.54) is 4.90 Å². The molecule has 3 nitrogen and oxygen atoms in total. The molecule has 0 amide bonds. The van der Waals surface area contributed by atoms with Crippen LogP contribution in [0.3, 0.4) is 0 Å². The minimum atomic E-state index is 0.745. The Balaban J connectivity index is 1.78. The highest BCUT2D eigenvalue weighted by molar-refractivity contribution is 7.98. The second-order valence-electron chi connectivity index (χ2n) is 5.22. The van der Waals surface area contributed by atoms with Crippen LogP contribution in [0.25, 0.3) is 11.3 Å². The lowest BCUT2D eigenvalue weighted by molar-refractivity contribution is 0.354. The van der Waals surface area contributed by atoms with E-state index in [-0.39, 0.29) is 0 Å². The van der Waals surface area contributed by atoms with Gasteiger partial charge in [-0.3, -0.25) is 0 Å². The van der Waals surface area contributed by atoms with Crippen molar-refractivity contribution in [3.8, 4) is 22.8 Å². The standard InChI is InChI=1S/C19H19NO2S2/c1-21-17-9-4-13(10-18(17)22-2)11-19-20-16(12-24-19)14-5-7-15(23-3)8-6-14/h4-10,12H,11H2,1-3H3. The van der Waals surface area contributed by atoms with Crippen LogP contribution in [0.4, 0.5) is 0 Å². The number of aromatic nitrogens is 1. The fourth-order valence-corrected chi connectivity index (χ4v) is 3.70. The molecule has 0 atom stereocenters. The average molecular weight is 358 g/mol. The lowest BCUT2D eigenvalue weighted by Gasteiger charge is -2.08. The van der Waals surface area contributed by atoms with E-state index in [4.69, 9.17) is 14.5 Å². The quantitative estimate of drug-likeness (QED) is 0.572. The molecule has 0 saturated carbocycles. The zero-order valence-electron chi connectivity index (χ0n) is 13.9. The van der Waals surface area contributed by atoms with Gasteiger partial charge in [0.05, 0.1) is 24.9 Å². The molecule has 2 aromatic carbocycles. The summed E-state index contributed by atoms with van der Waals surface area (Å²) in [7, 11) is 3.30. The van der Waals surface area contributed by atoms with Gasteiger partial charge in [0.25, 0.3) is 0 Å². The van der Waals surface area contributed by atoms with Crippen LogP contribution in [0.1, 0.15) is 10.6 Å². The van der Waals surface area contributed by atoms with Crippen LogP contribution in [-0.2, 0) is 6.42 Å². The Morgan fingerprint density at radius 1 is 1.00 bits per heavy atom. The fraction of sp³-hybridized carbons (Fsp3) is 0.211. The van der Waals surface area contributed by atoms with E-state index in [0.717, 1.165) is 39.7 Å². The monoisotopic (exact) mass is 357 g/mol. The molecule has 0 aliphatic rings. The Morgan fingerprint density at radius 3 is 2.42 bits per heavy atom. The molecule has 0 unspecified atom stereocenters. The molecule has 0 aliphatic carbocycles. The third-order valence-corrected chi connectivity index (χ3v) is 5.33. The molecule has 3 aromatic rings. The third kappa shape index (κ3) is 3.74. The van der Waals surface area contributed by atoms with Gasteiger partial charge in [-0.2, -0.15) is 0 Å². The van der Waals surface area contributed by atoms with Crippen LogP contribution >= 0.6 is 23.1 Å². The smallest absolute Gasteiger partial charge is 0.160 e. The van der Waals surface area contributed by atoms with Gasteiger partial charge in [-0.05, 0) is 36.1 Å². The summed E-state index contributed by atoms with van der Waals surface area (Å²) >= 11 is 3.43. The van der Waals surface area contributed by atoms with Crippen LogP contribution in [0.5, 0.6) is 11.5 Å². The predicted molar refractivity (Wildman–Crippen MR) is 102 cm³/mol. The van der Waals surface area contributed by atoms with E-state index < -0.39 is 0 Å². The minimum absolute atomic E-state index is 0.745. The first-order chi connectivity index (χ1) is 11.7. The summed E-state index contributed by atoms with van der Waals surface area (Å²) in [6.07, 6.45) is 2.87. The summed E-state index contributed by atoms with van der Waals surface area (Å²) in [6.45, 7) is 0. The highest BCUT2D eigenvalue weighted by Crippen LogP contribution is 2.30. The molecule has 1 aromatic heterocycles. The lowest BCUT2D eigenvalue weighted by Crippen LogP contribution is -1.93. The maximum Gasteiger partial charge on any atom is 0.160 e. The molecule has 0 N–H and O–H groups in total. The average Bonchev–Trinajstić information content (AvgIpc) is 3.10. The first-order valence-electron chi connectivity index (χ1n) is 7.53. The van der Waals surface area contributed by atoms with Crippen molar-refractivity contribution in [3.05, 3.63) is 58.4 Å². The molecule has 0 spiro atoms. The molecule has 5 heteroatoms. The predicted octanol–water partition coefficient (Wildman–Crippen LogP) is 5.14. The lowest BCUT2D eigenvalue weighted by atomic mass is 10.1. The Labute approximate surface area is 150 Å². The second-order valence-corrected chi connectivity index (χ2v) is 7.04. The summed E-state index contributed by atoms with van der Waals surface area (Å²) in [6, 6.07) is 14.5. The zero-order valence-corrected chi connectivity index (χ0v) is 15.5. The van der Waals surface area contributed by atoms with Gasteiger partial charge < -0.3 is 9.47 Å². The number of hydrogen-bond acceptors (Lipinski definition) is 5. The number of thiazole rings is 1. The fourth-order valence-electron chi connectivity index (χ4n) is 2.45. The number of thioether (sulfide) groups is 1. The molecule has 0 saturated heterocycles. The Kier molecular flexibility index (Phi) is 5.43. The molecular formula is C19H19NO2S2. The van der Waals surface area contributed by atoms with E-state index in [9.17, 15) is 0 Å². The minimum Gasteiger partial charge on any atom is -0.493 e. The Bertz CT molecular complexity index is 812. The van der Waals surface area contributed by atoms with Gasteiger partial charge in [0.15, 0.2) is 11.5 Å². The maximum atomic E-state index is 5.37. The van der Waals surface area contributed by atoms with E-state index in [1.807, 2.05) is 12.1 Å². The van der Waals surface area contributed by atoms with Crippen LogP contribution in [-0.4, -0.2) is 25.5 Å². The molecule has 24 heavy (non-hydrogen) atoms. The van der Waals surface area contributed by atoms with E-state index in [0.29, 0.717) is 0 Å². The molecule has 0 radical (unpaired) electrons. The number of benzene rings is 2. The number of nitrogens with zero attached hydrogens (tertiary/aromatic N) is 1.